The summed E-state index contributed by atoms with van der Waals surface area (Å²) in [6.45, 7) is 6.69. The van der Waals surface area contributed by atoms with Crippen molar-refractivity contribution < 1.29 is 0 Å². The van der Waals surface area contributed by atoms with Gasteiger partial charge in [-0.3, -0.25) is 9.80 Å². The van der Waals surface area contributed by atoms with Gasteiger partial charge in [0.05, 0.1) is 5.54 Å². The fourth-order valence-corrected chi connectivity index (χ4v) is 5.19. The van der Waals surface area contributed by atoms with Gasteiger partial charge in [0, 0.05) is 57.3 Å². The van der Waals surface area contributed by atoms with Gasteiger partial charge in [0.1, 0.15) is 0 Å². The lowest BCUT2D eigenvalue weighted by Gasteiger charge is -2.45. The molecular weight excluding hydrogens is 344 g/mol. The Kier molecular flexibility index (Phi) is 4.91. The molecule has 2 saturated heterocycles. The van der Waals surface area contributed by atoms with Crippen molar-refractivity contribution in [3.05, 3.63) is 71.8 Å². The Morgan fingerprint density at radius 3 is 2.07 bits per heavy atom. The van der Waals surface area contributed by atoms with Gasteiger partial charge in [-0.05, 0) is 24.0 Å². The molecule has 146 valence electrons. The third-order valence-electron chi connectivity index (χ3n) is 6.86. The second-order valence-corrected chi connectivity index (χ2v) is 8.66. The van der Waals surface area contributed by atoms with Crippen LogP contribution in [0.2, 0.25) is 0 Å². The van der Waals surface area contributed by atoms with Crippen molar-refractivity contribution >= 4 is 5.71 Å². The minimum atomic E-state index is 0.178. The summed E-state index contributed by atoms with van der Waals surface area (Å²) >= 11 is 0. The van der Waals surface area contributed by atoms with Crippen LogP contribution in [0, 0.1) is 5.92 Å². The lowest BCUT2D eigenvalue weighted by Crippen LogP contribution is -2.58. The van der Waals surface area contributed by atoms with E-state index < -0.39 is 0 Å². The highest BCUT2D eigenvalue weighted by atomic mass is 15.4. The summed E-state index contributed by atoms with van der Waals surface area (Å²) in [5, 5.41) is 4.81. The van der Waals surface area contributed by atoms with Crippen molar-refractivity contribution in [2.75, 3.05) is 26.2 Å². The standard InChI is InChI=1S/C24H30N4/c1-3-7-20(8-4-1)17-27-15-12-24(13-16-27)22-19-28(14-11-23(22)25-26-24)18-21-9-5-2-6-10-21/h1-10,22,26H,11-19H2/t22-/m1/s1. The first-order valence-corrected chi connectivity index (χ1v) is 10.7. The van der Waals surface area contributed by atoms with Crippen LogP contribution in [0.1, 0.15) is 30.4 Å². The Hall–Kier alpha value is -2.17. The largest absolute Gasteiger partial charge is 0.303 e. The van der Waals surface area contributed by atoms with E-state index in [1.807, 2.05) is 0 Å². The predicted molar refractivity (Wildman–Crippen MR) is 114 cm³/mol. The van der Waals surface area contributed by atoms with E-state index >= 15 is 0 Å². The van der Waals surface area contributed by atoms with Crippen LogP contribution in [0.25, 0.3) is 0 Å². The van der Waals surface area contributed by atoms with Crippen LogP contribution in [-0.2, 0) is 13.1 Å². The van der Waals surface area contributed by atoms with Gasteiger partial charge in [-0.1, -0.05) is 60.7 Å². The van der Waals surface area contributed by atoms with E-state index in [1.54, 1.807) is 0 Å². The molecule has 2 aromatic rings. The van der Waals surface area contributed by atoms with E-state index in [0.29, 0.717) is 5.92 Å². The van der Waals surface area contributed by atoms with Crippen molar-refractivity contribution in [3.63, 3.8) is 0 Å². The van der Waals surface area contributed by atoms with E-state index in [9.17, 15) is 0 Å². The fraction of sp³-hybridized carbons (Fsp3) is 0.458. The molecule has 0 radical (unpaired) electrons. The number of hydrogen-bond acceptors (Lipinski definition) is 4. The second kappa shape index (κ2) is 7.69. The predicted octanol–water partition coefficient (Wildman–Crippen LogP) is 3.50. The van der Waals surface area contributed by atoms with E-state index in [0.717, 1.165) is 45.7 Å². The third-order valence-corrected chi connectivity index (χ3v) is 6.86. The van der Waals surface area contributed by atoms with Crippen molar-refractivity contribution in [2.45, 2.75) is 37.9 Å². The van der Waals surface area contributed by atoms with Gasteiger partial charge in [0.25, 0.3) is 0 Å². The summed E-state index contributed by atoms with van der Waals surface area (Å²) in [6, 6.07) is 21.7. The molecule has 2 fully saturated rings. The van der Waals surface area contributed by atoms with Gasteiger partial charge in [0.15, 0.2) is 0 Å². The average Bonchev–Trinajstić information content (AvgIpc) is 3.09. The molecule has 5 rings (SSSR count). The number of piperidine rings is 2. The minimum Gasteiger partial charge on any atom is -0.303 e. The molecule has 0 aliphatic carbocycles. The van der Waals surface area contributed by atoms with Gasteiger partial charge < -0.3 is 5.43 Å². The van der Waals surface area contributed by atoms with Crippen molar-refractivity contribution in [2.24, 2.45) is 11.0 Å². The Bertz CT molecular complexity index is 809. The van der Waals surface area contributed by atoms with Crippen LogP contribution in [0.3, 0.4) is 0 Å². The second-order valence-electron chi connectivity index (χ2n) is 8.66. The highest BCUT2D eigenvalue weighted by molar-refractivity contribution is 5.90. The first-order valence-electron chi connectivity index (χ1n) is 10.7. The van der Waals surface area contributed by atoms with Crippen molar-refractivity contribution in [1.29, 1.82) is 0 Å². The summed E-state index contributed by atoms with van der Waals surface area (Å²) in [6.07, 6.45) is 3.49. The lowest BCUT2D eigenvalue weighted by atomic mass is 9.73. The number of nitrogens with one attached hydrogen (secondary N) is 1. The summed E-state index contributed by atoms with van der Waals surface area (Å²) in [4.78, 5) is 5.23. The minimum absolute atomic E-state index is 0.178. The number of hydrogen-bond donors (Lipinski definition) is 1. The number of rotatable bonds is 4. The lowest BCUT2D eigenvalue weighted by molar-refractivity contribution is 0.0921. The van der Waals surface area contributed by atoms with Gasteiger partial charge in [0.2, 0.25) is 0 Å². The van der Waals surface area contributed by atoms with Crippen molar-refractivity contribution in [3.8, 4) is 0 Å². The summed E-state index contributed by atoms with van der Waals surface area (Å²) < 4.78 is 0. The number of likely N-dealkylation sites (tertiary alicyclic amines) is 2. The number of hydrazone groups is 1. The molecule has 1 N–H and O–H groups in total. The van der Waals surface area contributed by atoms with E-state index in [-0.39, 0.29) is 5.54 Å². The maximum atomic E-state index is 4.81. The molecule has 2 aromatic carbocycles. The van der Waals surface area contributed by atoms with Gasteiger partial charge in [-0.15, -0.1) is 0 Å². The Labute approximate surface area is 168 Å². The maximum Gasteiger partial charge on any atom is 0.0666 e. The first kappa shape index (κ1) is 17.9. The molecule has 3 aliphatic rings. The van der Waals surface area contributed by atoms with Gasteiger partial charge in [-0.2, -0.15) is 5.10 Å². The average molecular weight is 375 g/mol. The monoisotopic (exact) mass is 374 g/mol. The molecule has 0 bridgehead atoms. The van der Waals surface area contributed by atoms with Crippen LogP contribution < -0.4 is 5.43 Å². The molecule has 3 aliphatic heterocycles. The Morgan fingerprint density at radius 2 is 1.43 bits per heavy atom. The SMILES string of the molecule is c1ccc(CN2CCC3(CC2)NN=C2CCN(Cc4ccccc4)C[C@H]23)cc1. The van der Waals surface area contributed by atoms with Crippen molar-refractivity contribution in [1.82, 2.24) is 15.2 Å². The Morgan fingerprint density at radius 1 is 0.821 bits per heavy atom. The number of fused-ring (bicyclic) bond motifs is 2. The first-order chi connectivity index (χ1) is 13.8. The van der Waals surface area contributed by atoms with Crippen LogP contribution in [0.4, 0.5) is 0 Å². The van der Waals surface area contributed by atoms with Crippen LogP contribution in [0.15, 0.2) is 65.8 Å². The molecule has 0 saturated carbocycles. The molecule has 0 aromatic heterocycles. The van der Waals surface area contributed by atoms with Crippen LogP contribution in [-0.4, -0.2) is 47.2 Å². The summed E-state index contributed by atoms with van der Waals surface area (Å²) in [7, 11) is 0. The van der Waals surface area contributed by atoms with E-state index in [2.05, 4.69) is 75.9 Å². The zero-order valence-electron chi connectivity index (χ0n) is 16.6. The number of nitrogens with zero attached hydrogens (tertiary/aromatic N) is 3. The quantitative estimate of drug-likeness (QED) is 0.889. The zero-order valence-corrected chi connectivity index (χ0v) is 16.6. The van der Waals surface area contributed by atoms with Crippen LogP contribution >= 0.6 is 0 Å². The molecule has 1 spiro atoms. The summed E-state index contributed by atoms with van der Waals surface area (Å²) in [5.74, 6) is 0.573. The molecule has 0 amide bonds. The molecule has 3 heterocycles. The maximum absolute atomic E-state index is 4.81. The molecule has 4 heteroatoms. The topological polar surface area (TPSA) is 30.9 Å². The van der Waals surface area contributed by atoms with E-state index in [1.165, 1.54) is 29.7 Å². The van der Waals surface area contributed by atoms with Gasteiger partial charge in [-0.25, -0.2) is 0 Å². The smallest absolute Gasteiger partial charge is 0.0666 e. The van der Waals surface area contributed by atoms with E-state index in [4.69, 9.17) is 5.10 Å². The molecule has 4 nitrogen and oxygen atoms in total. The number of benzene rings is 2. The highest BCUT2D eigenvalue weighted by Gasteiger charge is 2.49. The zero-order chi connectivity index (χ0) is 18.8. The normalized spacial score (nSPS) is 24.6. The Balaban J connectivity index is 1.22. The third kappa shape index (κ3) is 3.59. The molecule has 28 heavy (non-hydrogen) atoms. The highest BCUT2D eigenvalue weighted by Crippen LogP contribution is 2.38. The molecule has 0 unspecified atom stereocenters. The van der Waals surface area contributed by atoms with Gasteiger partial charge >= 0.3 is 0 Å². The fourth-order valence-electron chi connectivity index (χ4n) is 5.19. The van der Waals surface area contributed by atoms with Crippen LogP contribution in [0.5, 0.6) is 0 Å². The molecular formula is C24H30N4. The molecule has 1 atom stereocenters. The summed E-state index contributed by atoms with van der Waals surface area (Å²) in [5.41, 5.74) is 8.05.